The summed E-state index contributed by atoms with van der Waals surface area (Å²) >= 11 is 0. The molecule has 0 aliphatic heterocycles. The van der Waals surface area contributed by atoms with Crippen molar-refractivity contribution in [2.45, 2.75) is 69.6 Å². The fourth-order valence-electron chi connectivity index (χ4n) is 0. The lowest BCUT2D eigenvalue weighted by Crippen LogP contribution is -1.99. The molecule has 0 saturated carbocycles. The maximum atomic E-state index is 8.50. The molecule has 0 fully saturated rings. The quantitative estimate of drug-likeness (QED) is 0.392. The third kappa shape index (κ3) is 486. The van der Waals surface area contributed by atoms with E-state index in [9.17, 15) is 0 Å². The van der Waals surface area contributed by atoms with E-state index in [2.05, 4.69) is 6.92 Å². The summed E-state index contributed by atoms with van der Waals surface area (Å²) in [7, 11) is 0.219. The van der Waals surface area contributed by atoms with E-state index in [-0.39, 0.29) is 42.6 Å². The van der Waals surface area contributed by atoms with Crippen molar-refractivity contribution < 1.29 is 20.8 Å². The fourth-order valence-corrected chi connectivity index (χ4v) is 0. The Morgan fingerprint density at radius 1 is 0.938 bits per heavy atom. The number of hydrogen-bond donors (Lipinski definition) is 3. The molecule has 0 saturated heterocycles. The van der Waals surface area contributed by atoms with Gasteiger partial charge < -0.3 is 10.3 Å². The zero-order chi connectivity index (χ0) is 8.99. The van der Waals surface area contributed by atoms with E-state index in [1.807, 2.05) is 13.5 Å². The van der Waals surface area contributed by atoms with E-state index < -0.39 is 9.04 Å². The molecular formula is C10H42O4Si2. The molecule has 4 nitrogen and oxygen atoms in total. The van der Waals surface area contributed by atoms with Gasteiger partial charge in [-0.3, -0.25) is 10.5 Å². The Balaban J connectivity index is -0.00000000589. The molecule has 0 amide bonds. The van der Waals surface area contributed by atoms with Gasteiger partial charge in [-0.25, -0.2) is 0 Å². The SMILES string of the molecule is C.C.C.C.C.CC[SiH3].CC[SiH](C)O.O.OO. The van der Waals surface area contributed by atoms with Crippen LogP contribution in [-0.2, 0) is 0 Å². The van der Waals surface area contributed by atoms with Crippen LogP contribution in [0.1, 0.15) is 51.0 Å². The smallest absolute Gasteiger partial charge is 0.169 e. The first-order valence-electron chi connectivity index (χ1n) is 3.57. The molecule has 0 spiro atoms. The van der Waals surface area contributed by atoms with Gasteiger partial charge in [-0.2, -0.15) is 0 Å². The van der Waals surface area contributed by atoms with Crippen molar-refractivity contribution >= 4 is 19.3 Å². The van der Waals surface area contributed by atoms with Gasteiger partial charge in [-0.1, -0.05) is 57.0 Å². The average Bonchev–Trinajstić information content (AvgIpc) is 1.94. The van der Waals surface area contributed by atoms with Crippen LogP contribution in [0, 0.1) is 0 Å². The van der Waals surface area contributed by atoms with Gasteiger partial charge in [-0.05, 0) is 12.6 Å². The second-order valence-corrected chi connectivity index (χ2v) is 5.89. The molecule has 0 aromatic rings. The summed E-state index contributed by atoms with van der Waals surface area (Å²) in [6, 6.07) is 2.39. The molecule has 5 N–H and O–H groups in total. The second-order valence-electron chi connectivity index (χ2n) is 1.96. The maximum Gasteiger partial charge on any atom is 0.169 e. The first-order valence-corrected chi connectivity index (χ1v) is 7.47. The van der Waals surface area contributed by atoms with Crippen molar-refractivity contribution in [1.82, 2.24) is 0 Å². The standard InChI is InChI=1S/C3H10OSi.C2H8Si.5CH4.H2O2.H2O/c1-3-5(2)4;1-2-3;;;;;;1-2;/h4-5H,3H2,1-2H3;2H2,1,3H3;5*1H4;1-2H;1H2. The molecule has 0 aliphatic carbocycles. The third-order valence-corrected chi connectivity index (χ3v) is 1.77. The molecule has 0 aromatic heterocycles. The van der Waals surface area contributed by atoms with Gasteiger partial charge in [-0.15, -0.1) is 0 Å². The zero-order valence-corrected chi connectivity index (χ0v) is 11.0. The normalized spacial score (nSPS) is 6.38. The number of rotatable bonds is 1. The van der Waals surface area contributed by atoms with E-state index in [0.717, 1.165) is 6.04 Å². The largest absolute Gasteiger partial charge is 0.435 e. The average molecular weight is 283 g/mol. The van der Waals surface area contributed by atoms with Gasteiger partial charge in [0.05, 0.1) is 0 Å². The van der Waals surface area contributed by atoms with Crippen LogP contribution in [0.2, 0.25) is 18.6 Å². The Hall–Kier alpha value is 0.274. The Morgan fingerprint density at radius 3 is 1.00 bits per heavy atom. The van der Waals surface area contributed by atoms with Gasteiger partial charge in [0, 0.05) is 10.2 Å². The van der Waals surface area contributed by atoms with Crippen LogP contribution in [-0.4, -0.2) is 40.1 Å². The van der Waals surface area contributed by atoms with Gasteiger partial charge in [0.15, 0.2) is 9.04 Å². The Morgan fingerprint density at radius 2 is 1.00 bits per heavy atom. The van der Waals surface area contributed by atoms with Crippen LogP contribution in [0.5, 0.6) is 0 Å². The third-order valence-electron chi connectivity index (χ3n) is 0.591. The summed E-state index contributed by atoms with van der Waals surface area (Å²) in [4.78, 5) is 8.50. The molecule has 0 aliphatic rings. The summed E-state index contributed by atoms with van der Waals surface area (Å²) in [5.74, 6) is 0. The fraction of sp³-hybridized carbons (Fsp3) is 1.00. The van der Waals surface area contributed by atoms with E-state index in [1.165, 1.54) is 16.3 Å². The van der Waals surface area contributed by atoms with Crippen molar-refractivity contribution in [3.05, 3.63) is 0 Å². The molecule has 1 unspecified atom stereocenters. The van der Waals surface area contributed by atoms with E-state index in [1.54, 1.807) is 0 Å². The highest BCUT2D eigenvalue weighted by molar-refractivity contribution is 6.48. The van der Waals surface area contributed by atoms with Crippen LogP contribution < -0.4 is 0 Å². The topological polar surface area (TPSA) is 92.2 Å². The molecule has 0 radical (unpaired) electrons. The molecule has 0 aromatic carbocycles. The molecule has 0 rings (SSSR count). The zero-order valence-electron chi connectivity index (χ0n) is 7.83. The predicted octanol–water partition coefficient (Wildman–Crippen LogP) is 2.52. The minimum atomic E-state index is -1.15. The van der Waals surface area contributed by atoms with Crippen molar-refractivity contribution in [3.8, 4) is 0 Å². The lowest BCUT2D eigenvalue weighted by Gasteiger charge is -1.87. The molecule has 0 bridgehead atoms. The minimum absolute atomic E-state index is 0. The lowest BCUT2D eigenvalue weighted by atomic mass is 11.0. The van der Waals surface area contributed by atoms with Crippen LogP contribution in [0.4, 0.5) is 0 Å². The Kier molecular flexibility index (Phi) is 502. The van der Waals surface area contributed by atoms with Gasteiger partial charge in [0.2, 0.25) is 0 Å². The summed E-state index contributed by atoms with van der Waals surface area (Å²) < 4.78 is 0. The highest BCUT2D eigenvalue weighted by Crippen LogP contribution is 1.78. The Bertz CT molecular complexity index is 42.0. The second kappa shape index (κ2) is 112. The van der Waals surface area contributed by atoms with E-state index >= 15 is 0 Å². The monoisotopic (exact) mass is 282 g/mol. The number of hydrogen-bond acceptors (Lipinski definition) is 3. The van der Waals surface area contributed by atoms with Crippen molar-refractivity contribution in [2.75, 3.05) is 0 Å². The lowest BCUT2D eigenvalue weighted by molar-refractivity contribution is -0.176. The first kappa shape index (κ1) is 71.8. The van der Waals surface area contributed by atoms with Crippen LogP contribution in [0.15, 0.2) is 0 Å². The molecule has 1 atom stereocenters. The molecular weight excluding hydrogens is 240 g/mol. The summed E-state index contributed by atoms with van der Waals surface area (Å²) in [5.41, 5.74) is 0. The summed E-state index contributed by atoms with van der Waals surface area (Å²) in [6.07, 6.45) is 0. The van der Waals surface area contributed by atoms with Crippen molar-refractivity contribution in [2.24, 2.45) is 0 Å². The molecule has 6 heteroatoms. The summed E-state index contributed by atoms with van der Waals surface area (Å²) in [5, 5.41) is 12.0. The van der Waals surface area contributed by atoms with Crippen LogP contribution in [0.25, 0.3) is 0 Å². The Labute approximate surface area is 110 Å². The minimum Gasteiger partial charge on any atom is -0.435 e. The maximum absolute atomic E-state index is 8.50. The highest BCUT2D eigenvalue weighted by atomic mass is 28.3. The van der Waals surface area contributed by atoms with Gasteiger partial charge in [0.1, 0.15) is 0 Å². The molecule has 114 valence electrons. The molecule has 0 heterocycles. The van der Waals surface area contributed by atoms with Crippen LogP contribution in [0.3, 0.4) is 0 Å². The van der Waals surface area contributed by atoms with Gasteiger partial charge >= 0.3 is 0 Å². The van der Waals surface area contributed by atoms with E-state index in [0.29, 0.717) is 0 Å². The predicted molar refractivity (Wildman–Crippen MR) is 88.7 cm³/mol. The first-order chi connectivity index (χ1) is 4.68. The van der Waals surface area contributed by atoms with Crippen molar-refractivity contribution in [1.29, 1.82) is 0 Å². The highest BCUT2D eigenvalue weighted by Gasteiger charge is 1.86. The molecule has 16 heavy (non-hydrogen) atoms. The van der Waals surface area contributed by atoms with E-state index in [4.69, 9.17) is 15.3 Å². The van der Waals surface area contributed by atoms with Crippen molar-refractivity contribution in [3.63, 3.8) is 0 Å². The summed E-state index contributed by atoms with van der Waals surface area (Å²) in [6.45, 7) is 6.11. The van der Waals surface area contributed by atoms with Gasteiger partial charge in [0.25, 0.3) is 0 Å². The van der Waals surface area contributed by atoms with Crippen LogP contribution >= 0.6 is 0 Å².